The van der Waals surface area contributed by atoms with Crippen LogP contribution in [0.25, 0.3) is 17.0 Å². The Labute approximate surface area is 265 Å². The van der Waals surface area contributed by atoms with Crippen molar-refractivity contribution in [2.75, 3.05) is 26.0 Å². The maximum atomic E-state index is 13.8. The molecule has 45 heavy (non-hydrogen) atoms. The molecular formula is C31H37ClN6O7. The predicted octanol–water partition coefficient (Wildman–Crippen LogP) is 5.42. The summed E-state index contributed by atoms with van der Waals surface area (Å²) in [6.07, 6.45) is 0.976. The van der Waals surface area contributed by atoms with Gasteiger partial charge in [-0.05, 0) is 55.2 Å². The number of hydrogen-bond donors (Lipinski definition) is 2. The fourth-order valence-corrected chi connectivity index (χ4v) is 6.12. The number of benzene rings is 1. The summed E-state index contributed by atoms with van der Waals surface area (Å²) in [5, 5.41) is 16.2. The first-order chi connectivity index (χ1) is 21.3. The molecule has 1 fully saturated rings. The molecule has 2 heterocycles. The summed E-state index contributed by atoms with van der Waals surface area (Å²) in [6, 6.07) is 6.78. The maximum Gasteiger partial charge on any atom is 0.416 e. The summed E-state index contributed by atoms with van der Waals surface area (Å²) >= 11 is 6.49. The van der Waals surface area contributed by atoms with Crippen molar-refractivity contribution in [2.45, 2.75) is 59.5 Å². The number of hydrogen-bond acceptors (Lipinski definition) is 9. The van der Waals surface area contributed by atoms with Crippen LogP contribution in [0.4, 0.5) is 10.5 Å². The number of esters is 2. The number of nitriles is 1. The van der Waals surface area contributed by atoms with Crippen molar-refractivity contribution in [3.05, 3.63) is 34.3 Å². The van der Waals surface area contributed by atoms with Crippen LogP contribution in [0, 0.1) is 29.1 Å². The third kappa shape index (κ3) is 7.39. The number of amides is 2. The van der Waals surface area contributed by atoms with Gasteiger partial charge in [0.1, 0.15) is 23.3 Å². The average Bonchev–Trinajstić information content (AvgIpc) is 3.52. The van der Waals surface area contributed by atoms with E-state index in [9.17, 15) is 24.4 Å². The first-order valence-corrected chi connectivity index (χ1v) is 15.0. The highest BCUT2D eigenvalue weighted by molar-refractivity contribution is 6.33. The van der Waals surface area contributed by atoms with Crippen LogP contribution >= 0.6 is 11.6 Å². The Morgan fingerprint density at radius 3 is 2.51 bits per heavy atom. The second kappa shape index (κ2) is 14.0. The third-order valence-corrected chi connectivity index (χ3v) is 8.24. The van der Waals surface area contributed by atoms with Crippen molar-refractivity contribution in [1.29, 1.82) is 5.26 Å². The van der Waals surface area contributed by atoms with Gasteiger partial charge in [0, 0.05) is 38.2 Å². The van der Waals surface area contributed by atoms with Gasteiger partial charge in [-0.2, -0.15) is 5.26 Å². The predicted molar refractivity (Wildman–Crippen MR) is 165 cm³/mol. The number of ether oxygens (including phenoxy) is 3. The molecule has 13 nitrogen and oxygen atoms in total. The second-order valence-electron chi connectivity index (χ2n) is 11.6. The third-order valence-electron chi connectivity index (χ3n) is 7.91. The molecule has 3 aromatic rings. The van der Waals surface area contributed by atoms with Crippen LogP contribution < -0.4 is 10.1 Å². The molecule has 2 amide bonds. The van der Waals surface area contributed by atoms with Crippen LogP contribution in [0.1, 0.15) is 69.3 Å². The van der Waals surface area contributed by atoms with Gasteiger partial charge in [0.2, 0.25) is 11.8 Å². The second-order valence-corrected chi connectivity index (χ2v) is 12.1. The van der Waals surface area contributed by atoms with Gasteiger partial charge in [0.25, 0.3) is 0 Å². The lowest BCUT2D eigenvalue weighted by atomic mass is 9.75. The van der Waals surface area contributed by atoms with Gasteiger partial charge in [0.05, 0.1) is 12.1 Å². The molecule has 4 rings (SSSR count). The zero-order valence-electron chi connectivity index (χ0n) is 26.1. The summed E-state index contributed by atoms with van der Waals surface area (Å²) in [4.78, 5) is 55.9. The minimum atomic E-state index is -0.832. The van der Waals surface area contributed by atoms with Gasteiger partial charge < -0.3 is 24.4 Å². The highest BCUT2D eigenvalue weighted by Gasteiger charge is 2.37. The first-order valence-electron chi connectivity index (χ1n) is 14.7. The number of carbonyl (C=O) groups is 4. The van der Waals surface area contributed by atoms with Gasteiger partial charge in [-0.25, -0.2) is 19.1 Å². The van der Waals surface area contributed by atoms with E-state index in [1.54, 1.807) is 18.2 Å². The molecule has 2 atom stereocenters. The summed E-state index contributed by atoms with van der Waals surface area (Å²) in [5.41, 5.74) is 0.431. The van der Waals surface area contributed by atoms with E-state index in [0.29, 0.717) is 23.6 Å². The number of H-pyrrole nitrogens is 1. The zero-order chi connectivity index (χ0) is 33.0. The summed E-state index contributed by atoms with van der Waals surface area (Å²) in [7, 11) is 2.76. The van der Waals surface area contributed by atoms with Crippen LogP contribution in [0.3, 0.4) is 0 Å². The number of aromatic nitrogens is 3. The Morgan fingerprint density at radius 2 is 1.89 bits per heavy atom. The Hall–Kier alpha value is -4.57. The smallest absolute Gasteiger partial charge is 0.416 e. The molecule has 14 heteroatoms. The van der Waals surface area contributed by atoms with Crippen molar-refractivity contribution < 1.29 is 33.4 Å². The number of anilines is 1. The quantitative estimate of drug-likeness (QED) is 0.290. The molecule has 1 aliphatic carbocycles. The topological polar surface area (TPSA) is 168 Å². The molecule has 0 saturated heterocycles. The standard InChI is InChI=1S/C31H37ClN6O7/c1-16-12-17(2)26(18(3)13-16)44-30(41)25-22(15-33)29(45-31(42)37(5)11-7-8-24(40)43-6)38-28(25)35-27(36-38)21-14-20(34-19(4)39)9-10-23(21)32/h9-10,14,16-18,26H,7-8,11-13H2,1-6H3,(H,34,39)(H,35,36). The van der Waals surface area contributed by atoms with Gasteiger partial charge >= 0.3 is 18.0 Å². The zero-order valence-corrected chi connectivity index (χ0v) is 26.9. The Morgan fingerprint density at radius 1 is 1.20 bits per heavy atom. The maximum absolute atomic E-state index is 13.8. The van der Waals surface area contributed by atoms with Crippen LogP contribution in [0.15, 0.2) is 18.2 Å². The van der Waals surface area contributed by atoms with Crippen LogP contribution in [-0.2, 0) is 19.1 Å². The fourth-order valence-electron chi connectivity index (χ4n) is 5.91. The summed E-state index contributed by atoms with van der Waals surface area (Å²) in [5.74, 6) is -0.884. The number of rotatable bonds is 9. The van der Waals surface area contributed by atoms with Crippen molar-refractivity contribution in [3.63, 3.8) is 0 Å². The number of nitrogens with one attached hydrogen (secondary N) is 2. The molecule has 1 aromatic carbocycles. The molecular weight excluding hydrogens is 604 g/mol. The molecule has 0 aliphatic heterocycles. The number of fused-ring (bicyclic) bond motifs is 1. The van der Waals surface area contributed by atoms with E-state index in [2.05, 4.69) is 27.1 Å². The lowest BCUT2D eigenvalue weighted by molar-refractivity contribution is -0.140. The molecule has 0 bridgehead atoms. The van der Waals surface area contributed by atoms with E-state index in [1.807, 2.05) is 19.9 Å². The Balaban J connectivity index is 1.77. The van der Waals surface area contributed by atoms with Gasteiger partial charge in [-0.3, -0.25) is 14.7 Å². The van der Waals surface area contributed by atoms with Crippen molar-refractivity contribution >= 4 is 46.9 Å². The molecule has 2 unspecified atom stereocenters. The molecule has 0 spiro atoms. The Kier molecular flexibility index (Phi) is 10.4. The Bertz CT molecular complexity index is 1650. The van der Waals surface area contributed by atoms with E-state index >= 15 is 0 Å². The highest BCUT2D eigenvalue weighted by Crippen LogP contribution is 2.38. The molecule has 2 aromatic heterocycles. The number of carbonyl (C=O) groups excluding carboxylic acids is 4. The van der Waals surface area contributed by atoms with Crippen molar-refractivity contribution in [3.8, 4) is 23.3 Å². The average molecular weight is 641 g/mol. The largest absolute Gasteiger partial charge is 0.469 e. The minimum absolute atomic E-state index is 0.00632. The minimum Gasteiger partial charge on any atom is -0.469 e. The van der Waals surface area contributed by atoms with E-state index in [4.69, 9.17) is 21.1 Å². The van der Waals surface area contributed by atoms with Gasteiger partial charge in [-0.1, -0.05) is 32.4 Å². The van der Waals surface area contributed by atoms with E-state index in [1.165, 1.54) is 30.5 Å². The number of nitrogens with zero attached hydrogens (tertiary/aromatic N) is 4. The van der Waals surface area contributed by atoms with Crippen molar-refractivity contribution in [1.82, 2.24) is 19.5 Å². The monoisotopic (exact) mass is 640 g/mol. The molecule has 1 aliphatic rings. The molecule has 1 saturated carbocycles. The van der Waals surface area contributed by atoms with Crippen LogP contribution in [0.5, 0.6) is 5.88 Å². The fraction of sp³-hybridized carbons (Fsp3) is 0.484. The summed E-state index contributed by atoms with van der Waals surface area (Å²) < 4.78 is 17.6. The highest BCUT2D eigenvalue weighted by atomic mass is 35.5. The van der Waals surface area contributed by atoms with Crippen LogP contribution in [0.2, 0.25) is 5.02 Å². The van der Waals surface area contributed by atoms with Gasteiger partial charge in [-0.15, -0.1) is 0 Å². The normalized spacial score (nSPS) is 19.4. The lowest BCUT2D eigenvalue weighted by Crippen LogP contribution is -2.37. The summed E-state index contributed by atoms with van der Waals surface area (Å²) in [6.45, 7) is 7.76. The number of methoxy groups -OCH3 is 1. The van der Waals surface area contributed by atoms with Crippen LogP contribution in [-0.4, -0.2) is 70.2 Å². The molecule has 0 radical (unpaired) electrons. The number of halogens is 1. The molecule has 240 valence electrons. The SMILES string of the molecule is COC(=O)CCCN(C)C(=O)Oc1c(C#N)c(C(=O)OC2C(C)CC(C)CC2C)c2nc(-c3cc(NC(C)=O)ccc3Cl)[nH]n12. The first kappa shape index (κ1) is 33.3. The number of aromatic amines is 1. The van der Waals surface area contributed by atoms with Crippen molar-refractivity contribution in [2.24, 2.45) is 17.8 Å². The lowest BCUT2D eigenvalue weighted by Gasteiger charge is -2.37. The van der Waals surface area contributed by atoms with E-state index in [-0.39, 0.29) is 70.3 Å². The molecule has 2 N–H and O–H groups in total. The van der Waals surface area contributed by atoms with E-state index in [0.717, 1.165) is 12.8 Å². The van der Waals surface area contributed by atoms with Gasteiger partial charge in [0.15, 0.2) is 11.5 Å². The van der Waals surface area contributed by atoms with E-state index < -0.39 is 18.0 Å².